The smallest absolute Gasteiger partial charge is 0.323 e. The number of anilines is 2. The van der Waals surface area contributed by atoms with Crippen molar-refractivity contribution in [3.63, 3.8) is 0 Å². The van der Waals surface area contributed by atoms with Crippen LogP contribution in [0.15, 0.2) is 53.4 Å². The second-order valence-electron chi connectivity index (χ2n) is 9.63. The Kier molecular flexibility index (Phi) is 8.15. The normalized spacial score (nSPS) is 19.8. The number of amidine groups is 1. The molecule has 1 aliphatic carbocycles. The summed E-state index contributed by atoms with van der Waals surface area (Å²) in [4.78, 5) is 15.7. The first-order valence-corrected chi connectivity index (χ1v) is 14.1. The highest BCUT2D eigenvalue weighted by atomic mass is 32.2. The Bertz CT molecular complexity index is 1190. The first-order chi connectivity index (χ1) is 17.3. The molecule has 0 aromatic heterocycles. The first-order valence-electron chi connectivity index (χ1n) is 12.7. The van der Waals surface area contributed by atoms with Crippen molar-refractivity contribution >= 4 is 33.3 Å². The molecule has 1 unspecified atom stereocenters. The molecule has 6 N–H and O–H groups in total. The molecule has 1 heterocycles. The molecule has 2 aromatic rings. The maximum Gasteiger partial charge on any atom is 0.323 e. The summed E-state index contributed by atoms with van der Waals surface area (Å²) in [6.45, 7) is 0.325. The number of hydrogen-bond donors (Lipinski definition) is 4. The van der Waals surface area contributed by atoms with E-state index in [1.54, 1.807) is 35.2 Å². The van der Waals surface area contributed by atoms with Gasteiger partial charge >= 0.3 is 6.03 Å². The van der Waals surface area contributed by atoms with Crippen LogP contribution in [0.3, 0.4) is 0 Å². The quantitative estimate of drug-likeness (QED) is 0.200. The summed E-state index contributed by atoms with van der Waals surface area (Å²) in [6, 6.07) is 13.0. The molecule has 1 atom stereocenters. The number of amides is 2. The van der Waals surface area contributed by atoms with Crippen LogP contribution >= 0.6 is 0 Å². The predicted molar refractivity (Wildman–Crippen MR) is 142 cm³/mol. The van der Waals surface area contributed by atoms with Crippen LogP contribution in [0.25, 0.3) is 0 Å². The van der Waals surface area contributed by atoms with Gasteiger partial charge in [-0.05, 0) is 62.4 Å². The van der Waals surface area contributed by atoms with Gasteiger partial charge in [0.15, 0.2) is 0 Å². The monoisotopic (exact) mass is 512 g/mol. The van der Waals surface area contributed by atoms with E-state index in [1.807, 2.05) is 6.07 Å². The lowest BCUT2D eigenvalue weighted by molar-refractivity contribution is 0.200. The summed E-state index contributed by atoms with van der Waals surface area (Å²) in [5.74, 6) is -0.0650. The number of hydrogen-bond acceptors (Lipinski definition) is 5. The summed E-state index contributed by atoms with van der Waals surface area (Å²) in [5, 5.41) is 10.9. The van der Waals surface area contributed by atoms with Gasteiger partial charge < -0.3 is 16.8 Å². The minimum Gasteiger partial charge on any atom is -0.399 e. The summed E-state index contributed by atoms with van der Waals surface area (Å²) < 4.78 is 28.4. The lowest BCUT2D eigenvalue weighted by Gasteiger charge is -2.38. The zero-order chi connectivity index (χ0) is 25.7. The second kappa shape index (κ2) is 11.3. The number of nitrogen functional groups attached to an aromatic ring is 2. The average molecular weight is 513 g/mol. The molecule has 0 spiro atoms. The van der Waals surface area contributed by atoms with E-state index in [9.17, 15) is 13.2 Å². The number of piperidine rings is 1. The van der Waals surface area contributed by atoms with E-state index in [0.29, 0.717) is 29.9 Å². The van der Waals surface area contributed by atoms with Crippen molar-refractivity contribution in [2.75, 3.05) is 17.2 Å². The van der Waals surface area contributed by atoms with Gasteiger partial charge in [-0.15, -0.1) is 0 Å². The van der Waals surface area contributed by atoms with E-state index >= 15 is 0 Å². The highest BCUT2D eigenvalue weighted by molar-refractivity contribution is 7.89. The Morgan fingerprint density at radius 2 is 1.67 bits per heavy atom. The molecule has 10 heteroatoms. The van der Waals surface area contributed by atoms with Crippen LogP contribution in [0, 0.1) is 5.41 Å². The highest BCUT2D eigenvalue weighted by Gasteiger charge is 2.36. The van der Waals surface area contributed by atoms with Crippen molar-refractivity contribution in [1.29, 1.82) is 5.41 Å². The van der Waals surface area contributed by atoms with Gasteiger partial charge in [-0.25, -0.2) is 13.2 Å². The fourth-order valence-electron chi connectivity index (χ4n) is 5.19. The number of rotatable bonds is 6. The molecule has 1 saturated carbocycles. The zero-order valence-electron chi connectivity index (χ0n) is 20.5. The van der Waals surface area contributed by atoms with Crippen molar-refractivity contribution in [3.8, 4) is 0 Å². The van der Waals surface area contributed by atoms with Crippen molar-refractivity contribution in [3.05, 3.63) is 54.1 Å². The Labute approximate surface area is 213 Å². The maximum atomic E-state index is 13.9. The highest BCUT2D eigenvalue weighted by Crippen LogP contribution is 2.29. The van der Waals surface area contributed by atoms with E-state index in [2.05, 4.69) is 5.32 Å². The number of nitrogens with zero attached hydrogens (tertiary/aromatic N) is 2. The van der Waals surface area contributed by atoms with E-state index in [4.69, 9.17) is 16.9 Å². The second-order valence-corrected chi connectivity index (χ2v) is 11.5. The largest absolute Gasteiger partial charge is 0.399 e. The Hall–Kier alpha value is -3.11. The number of nitrogens with one attached hydrogen (secondary N) is 2. The van der Waals surface area contributed by atoms with E-state index < -0.39 is 16.2 Å². The van der Waals surface area contributed by atoms with Crippen LogP contribution in [0.2, 0.25) is 0 Å². The summed E-state index contributed by atoms with van der Waals surface area (Å²) >= 11 is 0. The minimum absolute atomic E-state index is 0.0164. The van der Waals surface area contributed by atoms with E-state index in [0.717, 1.165) is 51.4 Å². The number of carbonyl (C=O) groups excluding carboxylic acids is 1. The van der Waals surface area contributed by atoms with Crippen LogP contribution < -0.4 is 21.7 Å². The lowest BCUT2D eigenvalue weighted by Crippen LogP contribution is -2.57. The number of benzene rings is 2. The first kappa shape index (κ1) is 26.0. The summed E-state index contributed by atoms with van der Waals surface area (Å²) in [5.41, 5.74) is 13.2. The molecule has 194 valence electrons. The van der Waals surface area contributed by atoms with Crippen molar-refractivity contribution in [1.82, 2.24) is 9.62 Å². The molecular formula is C26H36N6O3S. The SMILES string of the molecule is N=C(N)c1cccc(N(C(=O)NC2CCCCN2S(=O)(=O)c2cccc(N)c2)C2CCCCCC2)c1. The van der Waals surface area contributed by atoms with Crippen LogP contribution in [-0.2, 0) is 10.0 Å². The third-order valence-electron chi connectivity index (χ3n) is 7.05. The average Bonchev–Trinajstić information content (AvgIpc) is 3.14. The van der Waals surface area contributed by atoms with Crippen molar-refractivity contribution in [2.45, 2.75) is 74.9 Å². The zero-order valence-corrected chi connectivity index (χ0v) is 21.3. The molecule has 4 rings (SSSR count). The van der Waals surface area contributed by atoms with Gasteiger partial charge in [-0.2, -0.15) is 4.31 Å². The molecule has 0 bridgehead atoms. The van der Waals surface area contributed by atoms with Gasteiger partial charge in [-0.1, -0.05) is 43.9 Å². The van der Waals surface area contributed by atoms with E-state index in [1.165, 1.54) is 16.4 Å². The van der Waals surface area contributed by atoms with Crippen LogP contribution in [0.4, 0.5) is 16.2 Å². The molecule has 2 amide bonds. The molecule has 36 heavy (non-hydrogen) atoms. The standard InChI is InChI=1S/C26H36N6O3S/c27-20-10-8-14-23(18-20)36(34,35)31-16-6-5-15-24(31)30-26(33)32(21-11-3-1-2-4-12-21)22-13-7-9-19(17-22)25(28)29/h7-10,13-14,17-18,21,24H,1-6,11-12,15-16,27H2,(H3,28,29)(H,30,33). The molecule has 1 saturated heterocycles. The molecule has 0 radical (unpaired) electrons. The third kappa shape index (κ3) is 5.82. The van der Waals surface area contributed by atoms with Crippen LogP contribution in [0.1, 0.15) is 63.4 Å². The van der Waals surface area contributed by atoms with E-state index in [-0.39, 0.29) is 22.8 Å². The lowest BCUT2D eigenvalue weighted by atomic mass is 10.1. The number of sulfonamides is 1. The van der Waals surface area contributed by atoms with Crippen molar-refractivity contribution in [2.24, 2.45) is 5.73 Å². The minimum atomic E-state index is -3.84. The van der Waals surface area contributed by atoms with Gasteiger partial charge in [0.25, 0.3) is 0 Å². The number of carbonyl (C=O) groups is 1. The van der Waals surface area contributed by atoms with Crippen LogP contribution in [-0.4, -0.2) is 43.3 Å². The Morgan fingerprint density at radius 3 is 2.36 bits per heavy atom. The molecule has 2 fully saturated rings. The predicted octanol–water partition coefficient (Wildman–Crippen LogP) is 3.99. The Balaban J connectivity index is 1.64. The molecule has 1 aliphatic heterocycles. The summed E-state index contributed by atoms with van der Waals surface area (Å²) in [7, 11) is -3.84. The molecule has 9 nitrogen and oxygen atoms in total. The third-order valence-corrected chi connectivity index (χ3v) is 8.96. The topological polar surface area (TPSA) is 146 Å². The van der Waals surface area contributed by atoms with Gasteiger partial charge in [0.2, 0.25) is 10.0 Å². The fraction of sp³-hybridized carbons (Fsp3) is 0.462. The number of urea groups is 1. The summed E-state index contributed by atoms with van der Waals surface area (Å²) in [6.07, 6.45) is 7.46. The molecular weight excluding hydrogens is 476 g/mol. The van der Waals surface area contributed by atoms with Crippen LogP contribution in [0.5, 0.6) is 0 Å². The molecule has 2 aromatic carbocycles. The molecule has 2 aliphatic rings. The fourth-order valence-corrected chi connectivity index (χ4v) is 6.86. The van der Waals surface area contributed by atoms with Gasteiger partial charge in [-0.3, -0.25) is 10.3 Å². The number of nitrogens with two attached hydrogens (primary N) is 2. The van der Waals surface area contributed by atoms with Gasteiger partial charge in [0, 0.05) is 29.5 Å². The Morgan fingerprint density at radius 1 is 0.972 bits per heavy atom. The van der Waals surface area contributed by atoms with Gasteiger partial charge in [0.05, 0.1) is 11.1 Å². The maximum absolute atomic E-state index is 13.9. The van der Waals surface area contributed by atoms with Crippen molar-refractivity contribution < 1.29 is 13.2 Å². The van der Waals surface area contributed by atoms with Gasteiger partial charge in [0.1, 0.15) is 5.84 Å².